The predicted octanol–water partition coefficient (Wildman–Crippen LogP) is 1.49. The van der Waals surface area contributed by atoms with E-state index in [0.29, 0.717) is 0 Å². The maximum Gasteiger partial charge on any atom is 0.471 e. The van der Waals surface area contributed by atoms with Crippen molar-refractivity contribution in [2.75, 3.05) is 5.32 Å². The van der Waals surface area contributed by atoms with Crippen molar-refractivity contribution in [1.82, 2.24) is 0 Å². The standard InChI is InChI=1S/C8H6ClF3N2O3S/c9-5-2-1-4(18(13,16)17)3-6(5)14-7(15)8(10,11)12/h1-3H,(H,14,15)(H2,13,16,17). The summed E-state index contributed by atoms with van der Waals surface area (Å²) in [6, 6.07) is 2.75. The Balaban J connectivity index is 3.14. The fourth-order valence-electron chi connectivity index (χ4n) is 0.970. The first-order chi connectivity index (χ1) is 8.01. The van der Waals surface area contributed by atoms with Crippen LogP contribution in [0.1, 0.15) is 0 Å². The molecule has 1 rings (SSSR count). The van der Waals surface area contributed by atoms with Crippen molar-refractivity contribution in [1.29, 1.82) is 0 Å². The topological polar surface area (TPSA) is 89.3 Å². The molecule has 0 aromatic heterocycles. The van der Waals surface area contributed by atoms with Crippen LogP contribution in [0, 0.1) is 0 Å². The van der Waals surface area contributed by atoms with E-state index in [1.807, 2.05) is 0 Å². The van der Waals surface area contributed by atoms with Crippen molar-refractivity contribution in [3.63, 3.8) is 0 Å². The molecule has 0 bridgehead atoms. The van der Waals surface area contributed by atoms with E-state index in [2.05, 4.69) is 0 Å². The van der Waals surface area contributed by atoms with Gasteiger partial charge in [0.1, 0.15) is 0 Å². The molecule has 1 aromatic rings. The zero-order valence-electron chi connectivity index (χ0n) is 8.45. The maximum atomic E-state index is 12.0. The average molecular weight is 303 g/mol. The van der Waals surface area contributed by atoms with Crippen LogP contribution < -0.4 is 10.5 Å². The van der Waals surface area contributed by atoms with Gasteiger partial charge in [0.05, 0.1) is 15.6 Å². The highest BCUT2D eigenvalue weighted by atomic mass is 35.5. The highest BCUT2D eigenvalue weighted by Gasteiger charge is 2.39. The van der Waals surface area contributed by atoms with Crippen LogP contribution in [0.5, 0.6) is 0 Å². The number of hydrogen-bond acceptors (Lipinski definition) is 3. The van der Waals surface area contributed by atoms with Crippen LogP contribution in [0.4, 0.5) is 18.9 Å². The number of anilines is 1. The summed E-state index contributed by atoms with van der Waals surface area (Å²) < 4.78 is 58.0. The molecule has 0 saturated heterocycles. The quantitative estimate of drug-likeness (QED) is 0.867. The Kier molecular flexibility index (Phi) is 3.89. The van der Waals surface area contributed by atoms with Gasteiger partial charge in [-0.3, -0.25) is 4.79 Å². The summed E-state index contributed by atoms with van der Waals surface area (Å²) in [6.07, 6.45) is -5.11. The monoisotopic (exact) mass is 302 g/mol. The molecule has 1 amide bonds. The number of nitrogens with one attached hydrogen (secondary N) is 1. The van der Waals surface area contributed by atoms with Crippen molar-refractivity contribution < 1.29 is 26.4 Å². The molecule has 0 aliphatic heterocycles. The number of rotatable bonds is 2. The molecule has 5 nitrogen and oxygen atoms in total. The number of nitrogens with two attached hydrogens (primary N) is 1. The first kappa shape index (κ1) is 14.7. The number of carbonyl (C=O) groups excluding carboxylic acids is 1. The van der Waals surface area contributed by atoms with E-state index >= 15 is 0 Å². The van der Waals surface area contributed by atoms with Crippen LogP contribution in [0.2, 0.25) is 5.02 Å². The highest BCUT2D eigenvalue weighted by Crippen LogP contribution is 2.26. The number of benzene rings is 1. The molecular weight excluding hydrogens is 297 g/mol. The van der Waals surface area contributed by atoms with E-state index in [9.17, 15) is 26.4 Å². The van der Waals surface area contributed by atoms with Crippen LogP contribution in [-0.4, -0.2) is 20.5 Å². The second-order valence-corrected chi connectivity index (χ2v) is 5.11. The van der Waals surface area contributed by atoms with Crippen LogP contribution in [-0.2, 0) is 14.8 Å². The summed E-state index contributed by atoms with van der Waals surface area (Å²) in [5, 5.41) is 5.98. The SMILES string of the molecule is NS(=O)(=O)c1ccc(Cl)c(NC(=O)C(F)(F)F)c1. The zero-order valence-corrected chi connectivity index (χ0v) is 10.0. The first-order valence-corrected chi connectivity index (χ1v) is 6.15. The van der Waals surface area contributed by atoms with Crippen molar-refractivity contribution >= 4 is 33.2 Å². The van der Waals surface area contributed by atoms with Gasteiger partial charge < -0.3 is 5.32 Å². The number of halogens is 4. The maximum absolute atomic E-state index is 12.0. The molecule has 100 valence electrons. The van der Waals surface area contributed by atoms with Gasteiger partial charge in [-0.1, -0.05) is 11.6 Å². The lowest BCUT2D eigenvalue weighted by molar-refractivity contribution is -0.167. The van der Waals surface area contributed by atoms with Crippen molar-refractivity contribution in [2.24, 2.45) is 5.14 Å². The number of primary sulfonamides is 1. The van der Waals surface area contributed by atoms with Crippen LogP contribution in [0.15, 0.2) is 23.1 Å². The number of sulfonamides is 1. The van der Waals surface area contributed by atoms with E-state index in [0.717, 1.165) is 18.2 Å². The lowest BCUT2D eigenvalue weighted by Crippen LogP contribution is -2.30. The molecule has 3 N–H and O–H groups in total. The molecule has 10 heteroatoms. The zero-order chi connectivity index (χ0) is 14.1. The van der Waals surface area contributed by atoms with Gasteiger partial charge in [-0.25, -0.2) is 13.6 Å². The lowest BCUT2D eigenvalue weighted by Gasteiger charge is -2.10. The Morgan fingerprint density at radius 1 is 1.33 bits per heavy atom. The summed E-state index contributed by atoms with van der Waals surface area (Å²) in [7, 11) is -4.10. The third-order valence-corrected chi connectivity index (χ3v) is 3.01. The number of amides is 1. The van der Waals surface area contributed by atoms with Crippen LogP contribution in [0.25, 0.3) is 0 Å². The van der Waals surface area contributed by atoms with E-state index in [4.69, 9.17) is 16.7 Å². The Hall–Kier alpha value is -1.32. The largest absolute Gasteiger partial charge is 0.471 e. The summed E-state index contributed by atoms with van der Waals surface area (Å²) in [5.41, 5.74) is -0.495. The van der Waals surface area contributed by atoms with E-state index < -0.39 is 32.7 Å². The third-order valence-electron chi connectivity index (χ3n) is 1.77. The molecule has 0 radical (unpaired) electrons. The fourth-order valence-corrected chi connectivity index (χ4v) is 1.67. The van der Waals surface area contributed by atoms with Gasteiger partial charge in [-0.05, 0) is 18.2 Å². The van der Waals surface area contributed by atoms with Crippen molar-refractivity contribution in [3.8, 4) is 0 Å². The molecular formula is C8H6ClF3N2O3S. The second-order valence-electron chi connectivity index (χ2n) is 3.14. The van der Waals surface area contributed by atoms with Crippen LogP contribution >= 0.6 is 11.6 Å². The minimum atomic E-state index is -5.11. The molecule has 0 heterocycles. The number of carbonyl (C=O) groups is 1. The molecule has 0 unspecified atom stereocenters. The Morgan fingerprint density at radius 3 is 2.33 bits per heavy atom. The summed E-state index contributed by atoms with van der Waals surface area (Å²) in [4.78, 5) is 10.2. The third kappa shape index (κ3) is 3.59. The molecule has 0 atom stereocenters. The van der Waals surface area contributed by atoms with Gasteiger partial charge in [0.25, 0.3) is 0 Å². The van der Waals surface area contributed by atoms with Crippen molar-refractivity contribution in [3.05, 3.63) is 23.2 Å². The summed E-state index contributed by atoms with van der Waals surface area (Å²) in [5.74, 6) is -2.27. The minimum absolute atomic E-state index is 0.250. The number of alkyl halides is 3. The Labute approximate surface area is 105 Å². The van der Waals surface area contributed by atoms with E-state index in [1.165, 1.54) is 5.32 Å². The summed E-state index contributed by atoms with van der Waals surface area (Å²) >= 11 is 5.52. The highest BCUT2D eigenvalue weighted by molar-refractivity contribution is 7.89. The predicted molar refractivity (Wildman–Crippen MR) is 57.5 cm³/mol. The lowest BCUT2D eigenvalue weighted by atomic mass is 10.3. The smallest absolute Gasteiger partial charge is 0.317 e. The van der Waals surface area contributed by atoms with Gasteiger partial charge in [0.15, 0.2) is 0 Å². The molecule has 1 aromatic carbocycles. The van der Waals surface area contributed by atoms with Gasteiger partial charge in [0.2, 0.25) is 10.0 Å². The van der Waals surface area contributed by atoms with Gasteiger partial charge in [-0.15, -0.1) is 0 Å². The number of hydrogen-bond donors (Lipinski definition) is 2. The molecule has 0 fully saturated rings. The fraction of sp³-hybridized carbons (Fsp3) is 0.125. The van der Waals surface area contributed by atoms with Gasteiger partial charge in [0, 0.05) is 0 Å². The van der Waals surface area contributed by atoms with E-state index in [1.54, 1.807) is 0 Å². The molecule has 18 heavy (non-hydrogen) atoms. The minimum Gasteiger partial charge on any atom is -0.317 e. The van der Waals surface area contributed by atoms with Gasteiger partial charge in [-0.2, -0.15) is 13.2 Å². The Morgan fingerprint density at radius 2 is 1.89 bits per heavy atom. The van der Waals surface area contributed by atoms with Gasteiger partial charge >= 0.3 is 12.1 Å². The molecule has 0 saturated carbocycles. The average Bonchev–Trinajstić information content (AvgIpc) is 2.18. The summed E-state index contributed by atoms with van der Waals surface area (Å²) in [6.45, 7) is 0. The van der Waals surface area contributed by atoms with Crippen LogP contribution in [0.3, 0.4) is 0 Å². The normalized spacial score (nSPS) is 12.3. The molecule has 0 aliphatic rings. The van der Waals surface area contributed by atoms with Crippen molar-refractivity contribution in [2.45, 2.75) is 11.1 Å². The Bertz CT molecular complexity index is 586. The van der Waals surface area contributed by atoms with E-state index in [-0.39, 0.29) is 5.02 Å². The molecule has 0 aliphatic carbocycles. The first-order valence-electron chi connectivity index (χ1n) is 4.22. The molecule has 0 spiro atoms. The second kappa shape index (κ2) is 4.75.